The molecule has 0 radical (unpaired) electrons. The van der Waals surface area contributed by atoms with Gasteiger partial charge in [-0.05, 0) is 30.9 Å². The molecule has 120 valence electrons. The molecule has 1 aromatic heterocycles. The summed E-state index contributed by atoms with van der Waals surface area (Å²) in [5.74, 6) is 0.360. The fourth-order valence-corrected chi connectivity index (χ4v) is 4.33. The second-order valence-corrected chi connectivity index (χ2v) is 7.27. The zero-order valence-electron chi connectivity index (χ0n) is 13.1. The van der Waals surface area contributed by atoms with Crippen LogP contribution in [0.1, 0.15) is 26.5 Å². The summed E-state index contributed by atoms with van der Waals surface area (Å²) >= 11 is 1.58. The quantitative estimate of drug-likeness (QED) is 0.827. The lowest BCUT2D eigenvalue weighted by atomic mass is 9.87. The molecule has 3 rings (SSSR count). The minimum atomic E-state index is 0.0513. The second kappa shape index (κ2) is 6.38. The third-order valence-electron chi connectivity index (χ3n) is 4.37. The molecule has 0 bridgehead atoms. The molecule has 22 heavy (non-hydrogen) atoms. The van der Waals surface area contributed by atoms with Crippen LogP contribution in [-0.2, 0) is 22.4 Å². The van der Waals surface area contributed by atoms with Crippen LogP contribution in [-0.4, -0.2) is 62.0 Å². The zero-order chi connectivity index (χ0) is 15.7. The third-order valence-corrected chi connectivity index (χ3v) is 5.60. The Balaban J connectivity index is 1.70. The molecule has 1 aliphatic heterocycles. The van der Waals surface area contributed by atoms with E-state index in [-0.39, 0.29) is 17.7 Å². The number of ether oxygens (including phenoxy) is 1. The molecule has 1 atom stereocenters. The number of hydrogen-bond acceptors (Lipinski definition) is 4. The van der Waals surface area contributed by atoms with Gasteiger partial charge in [0.15, 0.2) is 0 Å². The van der Waals surface area contributed by atoms with Gasteiger partial charge in [0.05, 0.1) is 18.1 Å². The Hall–Kier alpha value is -1.40. The highest BCUT2D eigenvalue weighted by atomic mass is 32.1. The minimum Gasteiger partial charge on any atom is -0.378 e. The van der Waals surface area contributed by atoms with Crippen molar-refractivity contribution in [2.75, 3.05) is 40.4 Å². The molecular formula is C16H22N2O3S. The molecule has 2 aliphatic rings. The van der Waals surface area contributed by atoms with Gasteiger partial charge in [-0.1, -0.05) is 0 Å². The van der Waals surface area contributed by atoms with Crippen molar-refractivity contribution in [3.8, 4) is 0 Å². The molecule has 1 saturated heterocycles. The number of fused-ring (bicyclic) bond motifs is 1. The van der Waals surface area contributed by atoms with Crippen molar-refractivity contribution < 1.29 is 14.3 Å². The molecule has 0 aromatic carbocycles. The first kappa shape index (κ1) is 15.5. The van der Waals surface area contributed by atoms with Crippen molar-refractivity contribution >= 4 is 23.2 Å². The van der Waals surface area contributed by atoms with E-state index in [1.54, 1.807) is 30.3 Å². The highest BCUT2D eigenvalue weighted by Gasteiger charge is 2.31. The number of thiophene rings is 1. The Bertz CT molecular complexity index is 576. The zero-order valence-corrected chi connectivity index (χ0v) is 13.9. The number of rotatable bonds is 2. The Morgan fingerprint density at radius 2 is 2.05 bits per heavy atom. The third kappa shape index (κ3) is 3.03. The van der Waals surface area contributed by atoms with Crippen molar-refractivity contribution in [3.05, 3.63) is 21.4 Å². The number of morpholine rings is 1. The Labute approximate surface area is 134 Å². The number of hydrogen-bond donors (Lipinski definition) is 0. The summed E-state index contributed by atoms with van der Waals surface area (Å²) in [6, 6.07) is 1.99. The van der Waals surface area contributed by atoms with E-state index < -0.39 is 0 Å². The van der Waals surface area contributed by atoms with Gasteiger partial charge in [-0.25, -0.2) is 0 Å². The molecule has 1 fully saturated rings. The second-order valence-electron chi connectivity index (χ2n) is 6.14. The van der Waals surface area contributed by atoms with Crippen LogP contribution in [0.3, 0.4) is 0 Å². The average molecular weight is 322 g/mol. The molecule has 0 N–H and O–H groups in total. The maximum atomic E-state index is 12.6. The van der Waals surface area contributed by atoms with Gasteiger partial charge in [-0.15, -0.1) is 11.3 Å². The standard InChI is InChI=1S/C16H22N2O3S/c1-17(2)16(20)14-10-12-9-11(3-4-13(12)22-14)15(19)18-5-7-21-8-6-18/h10-11H,3-9H2,1-2H3. The highest BCUT2D eigenvalue weighted by Crippen LogP contribution is 2.33. The fourth-order valence-electron chi connectivity index (χ4n) is 3.10. The van der Waals surface area contributed by atoms with Crippen LogP contribution in [0.25, 0.3) is 0 Å². The molecule has 0 spiro atoms. The van der Waals surface area contributed by atoms with E-state index in [0.29, 0.717) is 26.3 Å². The largest absolute Gasteiger partial charge is 0.378 e. The van der Waals surface area contributed by atoms with Crippen molar-refractivity contribution in [2.45, 2.75) is 19.3 Å². The van der Waals surface area contributed by atoms with Crippen LogP contribution >= 0.6 is 11.3 Å². The van der Waals surface area contributed by atoms with Gasteiger partial charge < -0.3 is 14.5 Å². The van der Waals surface area contributed by atoms with Crippen LogP contribution in [0.2, 0.25) is 0 Å². The predicted molar refractivity (Wildman–Crippen MR) is 85.3 cm³/mol. The monoisotopic (exact) mass is 322 g/mol. The van der Waals surface area contributed by atoms with Crippen LogP contribution in [0.5, 0.6) is 0 Å². The first-order valence-corrected chi connectivity index (χ1v) is 8.57. The summed E-state index contributed by atoms with van der Waals surface area (Å²) in [4.78, 5) is 30.3. The summed E-state index contributed by atoms with van der Waals surface area (Å²) in [7, 11) is 3.54. The maximum Gasteiger partial charge on any atom is 0.263 e. The van der Waals surface area contributed by atoms with Crippen molar-refractivity contribution in [3.63, 3.8) is 0 Å². The summed E-state index contributed by atoms with van der Waals surface area (Å²) in [6.45, 7) is 2.69. The Morgan fingerprint density at radius 3 is 2.73 bits per heavy atom. The van der Waals surface area contributed by atoms with Gasteiger partial charge in [0.2, 0.25) is 5.91 Å². The summed E-state index contributed by atoms with van der Waals surface area (Å²) in [5.41, 5.74) is 1.19. The summed E-state index contributed by atoms with van der Waals surface area (Å²) in [6.07, 6.45) is 2.56. The van der Waals surface area contributed by atoms with E-state index in [1.165, 1.54) is 10.4 Å². The van der Waals surface area contributed by atoms with E-state index in [0.717, 1.165) is 24.1 Å². The lowest BCUT2D eigenvalue weighted by molar-refractivity contribution is -0.140. The molecule has 1 unspecified atom stereocenters. The number of nitrogens with zero attached hydrogens (tertiary/aromatic N) is 2. The van der Waals surface area contributed by atoms with Gasteiger partial charge in [-0.2, -0.15) is 0 Å². The lowest BCUT2D eigenvalue weighted by Gasteiger charge is -2.31. The van der Waals surface area contributed by atoms with Gasteiger partial charge >= 0.3 is 0 Å². The van der Waals surface area contributed by atoms with Crippen LogP contribution < -0.4 is 0 Å². The van der Waals surface area contributed by atoms with E-state index in [4.69, 9.17) is 4.74 Å². The van der Waals surface area contributed by atoms with Crippen molar-refractivity contribution in [1.29, 1.82) is 0 Å². The minimum absolute atomic E-state index is 0.0513. The molecule has 6 heteroatoms. The first-order valence-electron chi connectivity index (χ1n) is 7.76. The topological polar surface area (TPSA) is 49.9 Å². The van der Waals surface area contributed by atoms with Gasteiger partial charge in [0.1, 0.15) is 0 Å². The maximum absolute atomic E-state index is 12.6. The fraction of sp³-hybridized carbons (Fsp3) is 0.625. The highest BCUT2D eigenvalue weighted by molar-refractivity contribution is 7.14. The number of carbonyl (C=O) groups excluding carboxylic acids is 2. The van der Waals surface area contributed by atoms with Crippen LogP contribution in [0, 0.1) is 5.92 Å². The molecule has 1 aliphatic carbocycles. The lowest BCUT2D eigenvalue weighted by Crippen LogP contribution is -2.44. The molecule has 2 amide bonds. The average Bonchev–Trinajstić information content (AvgIpc) is 2.97. The Kier molecular flexibility index (Phi) is 4.49. The number of carbonyl (C=O) groups is 2. The first-order chi connectivity index (χ1) is 10.6. The van der Waals surface area contributed by atoms with Crippen molar-refractivity contribution in [2.24, 2.45) is 5.92 Å². The van der Waals surface area contributed by atoms with Gasteiger partial charge in [-0.3, -0.25) is 9.59 Å². The molecule has 1 aromatic rings. The Morgan fingerprint density at radius 1 is 1.32 bits per heavy atom. The molecule has 0 saturated carbocycles. The summed E-state index contributed by atoms with van der Waals surface area (Å²) in [5, 5.41) is 0. The molecular weight excluding hydrogens is 300 g/mol. The molecule has 5 nitrogen and oxygen atoms in total. The van der Waals surface area contributed by atoms with E-state index in [9.17, 15) is 9.59 Å². The number of amides is 2. The van der Waals surface area contributed by atoms with Gasteiger partial charge in [0.25, 0.3) is 5.91 Å². The SMILES string of the molecule is CN(C)C(=O)c1cc2c(s1)CCC(C(=O)N1CCOCC1)C2. The number of aryl methyl sites for hydroxylation is 1. The van der Waals surface area contributed by atoms with Crippen LogP contribution in [0.15, 0.2) is 6.07 Å². The van der Waals surface area contributed by atoms with Crippen molar-refractivity contribution in [1.82, 2.24) is 9.80 Å². The normalized spacial score (nSPS) is 21.4. The van der Waals surface area contributed by atoms with E-state index in [2.05, 4.69) is 0 Å². The summed E-state index contributed by atoms with van der Waals surface area (Å²) < 4.78 is 5.31. The smallest absolute Gasteiger partial charge is 0.263 e. The van der Waals surface area contributed by atoms with E-state index in [1.807, 2.05) is 11.0 Å². The van der Waals surface area contributed by atoms with E-state index >= 15 is 0 Å². The molecule has 2 heterocycles. The predicted octanol–water partition coefficient (Wildman–Crippen LogP) is 1.41. The van der Waals surface area contributed by atoms with Gasteiger partial charge in [0, 0.05) is 38.0 Å². The van der Waals surface area contributed by atoms with Crippen LogP contribution in [0.4, 0.5) is 0 Å².